The van der Waals surface area contributed by atoms with Gasteiger partial charge in [-0.1, -0.05) is 24.3 Å². The molecule has 1 aliphatic heterocycles. The largest absolute Gasteiger partial charge is 0.392 e. The van der Waals surface area contributed by atoms with Crippen molar-refractivity contribution in [3.05, 3.63) is 51.7 Å². The van der Waals surface area contributed by atoms with Crippen LogP contribution in [0.3, 0.4) is 0 Å². The van der Waals surface area contributed by atoms with E-state index < -0.39 is 0 Å². The fourth-order valence-electron chi connectivity index (χ4n) is 4.50. The minimum Gasteiger partial charge on any atom is -0.392 e. The van der Waals surface area contributed by atoms with Crippen LogP contribution in [0, 0.1) is 0 Å². The molecule has 7 heteroatoms. The van der Waals surface area contributed by atoms with E-state index in [9.17, 15) is 5.11 Å². The number of hydrogen-bond donors (Lipinski definition) is 2. The highest BCUT2D eigenvalue weighted by Crippen LogP contribution is 2.38. The molecule has 1 fully saturated rings. The van der Waals surface area contributed by atoms with Crippen molar-refractivity contribution >= 4 is 27.4 Å². The Morgan fingerprint density at radius 3 is 2.61 bits per heavy atom. The smallest absolute Gasteiger partial charge is 0.146 e. The Kier molecular flexibility index (Phi) is 6.45. The molecule has 0 spiro atoms. The number of aryl methyl sites for hydroxylation is 2. The Morgan fingerprint density at radius 1 is 1.03 bits per heavy atom. The van der Waals surface area contributed by atoms with Gasteiger partial charge in [-0.25, -0.2) is 9.97 Å². The molecule has 0 atom stereocenters. The molecule has 31 heavy (non-hydrogen) atoms. The second-order valence-electron chi connectivity index (χ2n) is 8.42. The van der Waals surface area contributed by atoms with Gasteiger partial charge in [0.25, 0.3) is 0 Å². The number of nitrogens with one attached hydrogen (secondary N) is 1. The highest BCUT2D eigenvalue weighted by Gasteiger charge is 2.22. The van der Waals surface area contributed by atoms with Gasteiger partial charge in [0.1, 0.15) is 16.5 Å². The van der Waals surface area contributed by atoms with Gasteiger partial charge in [0.15, 0.2) is 0 Å². The number of ether oxygens (including phenoxy) is 1. The van der Waals surface area contributed by atoms with Crippen LogP contribution in [0.2, 0.25) is 0 Å². The third-order valence-electron chi connectivity index (χ3n) is 6.24. The molecule has 0 amide bonds. The van der Waals surface area contributed by atoms with Crippen LogP contribution in [-0.4, -0.2) is 52.8 Å². The van der Waals surface area contributed by atoms with Crippen molar-refractivity contribution in [3.8, 4) is 0 Å². The molecule has 2 N–H and O–H groups in total. The van der Waals surface area contributed by atoms with Crippen molar-refractivity contribution in [1.29, 1.82) is 0 Å². The van der Waals surface area contributed by atoms with Gasteiger partial charge in [0.05, 0.1) is 31.8 Å². The van der Waals surface area contributed by atoms with Gasteiger partial charge in [0.2, 0.25) is 0 Å². The first kappa shape index (κ1) is 20.8. The minimum absolute atomic E-state index is 0.0899. The summed E-state index contributed by atoms with van der Waals surface area (Å²) < 4.78 is 5.49. The second-order valence-corrected chi connectivity index (χ2v) is 9.50. The van der Waals surface area contributed by atoms with Crippen LogP contribution >= 0.6 is 11.3 Å². The average Bonchev–Trinajstić information content (AvgIpc) is 3.19. The van der Waals surface area contributed by atoms with Crippen LogP contribution in [0.4, 0.5) is 5.82 Å². The van der Waals surface area contributed by atoms with E-state index >= 15 is 0 Å². The number of aliphatic hydroxyl groups is 1. The van der Waals surface area contributed by atoms with Gasteiger partial charge < -0.3 is 15.2 Å². The van der Waals surface area contributed by atoms with Crippen molar-refractivity contribution in [2.24, 2.45) is 0 Å². The molecule has 1 saturated heterocycles. The number of anilines is 1. The van der Waals surface area contributed by atoms with Crippen molar-refractivity contribution in [2.45, 2.75) is 45.3 Å². The first-order chi connectivity index (χ1) is 15.3. The SMILES string of the molecule is OCc1ccc(CCNc2nc(CN3CCOCC3)nc3sc4c(c23)CCCC4)cc1. The number of fused-ring (bicyclic) bond motifs is 3. The van der Waals surface area contributed by atoms with E-state index in [1.54, 1.807) is 0 Å². The van der Waals surface area contributed by atoms with Crippen LogP contribution in [0.25, 0.3) is 10.2 Å². The van der Waals surface area contributed by atoms with Crippen molar-refractivity contribution in [1.82, 2.24) is 14.9 Å². The number of hydrogen-bond acceptors (Lipinski definition) is 7. The zero-order valence-corrected chi connectivity index (χ0v) is 18.7. The maximum Gasteiger partial charge on any atom is 0.146 e. The Labute approximate surface area is 187 Å². The molecule has 2 aromatic heterocycles. The number of morpholine rings is 1. The molecule has 0 radical (unpaired) electrons. The van der Waals surface area contributed by atoms with Crippen molar-refractivity contribution in [2.75, 3.05) is 38.2 Å². The van der Waals surface area contributed by atoms with Crippen LogP contribution in [0.1, 0.15) is 40.2 Å². The zero-order valence-electron chi connectivity index (χ0n) is 17.9. The molecular formula is C24H30N4O2S. The monoisotopic (exact) mass is 438 g/mol. The average molecular weight is 439 g/mol. The van der Waals surface area contributed by atoms with Gasteiger partial charge in [-0.15, -0.1) is 11.3 Å². The summed E-state index contributed by atoms with van der Waals surface area (Å²) in [6.07, 6.45) is 5.76. The predicted molar refractivity (Wildman–Crippen MR) is 125 cm³/mol. The van der Waals surface area contributed by atoms with E-state index in [2.05, 4.69) is 22.3 Å². The summed E-state index contributed by atoms with van der Waals surface area (Å²) in [6, 6.07) is 8.18. The number of benzene rings is 1. The Bertz CT molecular complexity index is 1030. The molecule has 0 saturated carbocycles. The first-order valence-electron chi connectivity index (χ1n) is 11.3. The summed E-state index contributed by atoms with van der Waals surface area (Å²) in [5.41, 5.74) is 3.68. The van der Waals surface area contributed by atoms with Crippen LogP contribution in [0.5, 0.6) is 0 Å². The van der Waals surface area contributed by atoms with Crippen LogP contribution < -0.4 is 5.32 Å². The molecule has 3 aromatic rings. The molecule has 1 aliphatic carbocycles. The van der Waals surface area contributed by atoms with E-state index in [0.717, 1.165) is 74.3 Å². The molecular weight excluding hydrogens is 408 g/mol. The lowest BCUT2D eigenvalue weighted by atomic mass is 9.97. The Balaban J connectivity index is 1.38. The van der Waals surface area contributed by atoms with E-state index in [1.807, 2.05) is 23.5 Å². The quantitative estimate of drug-likeness (QED) is 0.588. The summed E-state index contributed by atoms with van der Waals surface area (Å²) in [7, 11) is 0. The maximum atomic E-state index is 9.24. The lowest BCUT2D eigenvalue weighted by Gasteiger charge is -2.25. The summed E-state index contributed by atoms with van der Waals surface area (Å²) in [5.74, 6) is 1.91. The predicted octanol–water partition coefficient (Wildman–Crippen LogP) is 3.55. The second kappa shape index (κ2) is 9.61. The highest BCUT2D eigenvalue weighted by atomic mass is 32.1. The number of aromatic nitrogens is 2. The fourth-order valence-corrected chi connectivity index (χ4v) is 5.78. The number of rotatable bonds is 7. The van der Waals surface area contributed by atoms with Crippen molar-refractivity contribution < 1.29 is 9.84 Å². The molecule has 0 bridgehead atoms. The van der Waals surface area contributed by atoms with E-state index in [4.69, 9.17) is 14.7 Å². The van der Waals surface area contributed by atoms with Gasteiger partial charge in [-0.3, -0.25) is 4.90 Å². The molecule has 6 nitrogen and oxygen atoms in total. The highest BCUT2D eigenvalue weighted by molar-refractivity contribution is 7.19. The normalized spacial score (nSPS) is 17.1. The third kappa shape index (κ3) is 4.75. The standard InChI is InChI=1S/C24H30N4O2S/c29-16-18-7-5-17(6-8-18)9-10-25-23-22-19-3-1-2-4-20(19)31-24(22)27-21(26-23)15-28-11-13-30-14-12-28/h5-8,29H,1-4,9-16H2,(H,25,26,27). The minimum atomic E-state index is 0.0899. The van der Waals surface area contributed by atoms with Crippen molar-refractivity contribution in [3.63, 3.8) is 0 Å². The van der Waals surface area contributed by atoms with E-state index in [1.165, 1.54) is 40.7 Å². The summed E-state index contributed by atoms with van der Waals surface area (Å²) in [6.45, 7) is 5.15. The van der Waals surface area contributed by atoms with E-state index in [-0.39, 0.29) is 6.61 Å². The molecule has 0 unspecified atom stereocenters. The lowest BCUT2D eigenvalue weighted by Crippen LogP contribution is -2.36. The Hall–Kier alpha value is -2.06. The molecule has 164 valence electrons. The van der Waals surface area contributed by atoms with Gasteiger partial charge >= 0.3 is 0 Å². The molecule has 5 rings (SSSR count). The summed E-state index contributed by atoms with van der Waals surface area (Å²) in [5, 5.41) is 14.1. The number of thiophene rings is 1. The van der Waals surface area contributed by atoms with Gasteiger partial charge in [-0.2, -0.15) is 0 Å². The summed E-state index contributed by atoms with van der Waals surface area (Å²) >= 11 is 1.87. The molecule has 1 aromatic carbocycles. The molecule has 3 heterocycles. The Morgan fingerprint density at radius 2 is 1.81 bits per heavy atom. The van der Waals surface area contributed by atoms with Crippen LogP contribution in [0.15, 0.2) is 24.3 Å². The van der Waals surface area contributed by atoms with Gasteiger partial charge in [0, 0.05) is 24.5 Å². The van der Waals surface area contributed by atoms with Crippen LogP contribution in [-0.2, 0) is 37.2 Å². The fraction of sp³-hybridized carbons (Fsp3) is 0.500. The van der Waals surface area contributed by atoms with Gasteiger partial charge in [-0.05, 0) is 48.8 Å². The maximum absolute atomic E-state index is 9.24. The number of nitrogens with zero attached hydrogens (tertiary/aromatic N) is 3. The summed E-state index contributed by atoms with van der Waals surface area (Å²) in [4.78, 5) is 15.0. The first-order valence-corrected chi connectivity index (χ1v) is 12.2. The number of aliphatic hydroxyl groups excluding tert-OH is 1. The zero-order chi connectivity index (χ0) is 21.0. The van der Waals surface area contributed by atoms with E-state index in [0.29, 0.717) is 0 Å². The molecule has 2 aliphatic rings. The lowest BCUT2D eigenvalue weighted by molar-refractivity contribution is 0.0331. The third-order valence-corrected chi connectivity index (χ3v) is 7.43. The topological polar surface area (TPSA) is 70.5 Å².